The van der Waals surface area contributed by atoms with Crippen LogP contribution >= 0.6 is 0 Å². The number of nitrogens with zero attached hydrogens (tertiary/aromatic N) is 2. The van der Waals surface area contributed by atoms with Gasteiger partial charge in [-0.3, -0.25) is 0 Å². The first-order valence-corrected chi connectivity index (χ1v) is 8.81. The van der Waals surface area contributed by atoms with E-state index < -0.39 is 15.6 Å². The average Bonchev–Trinajstić information content (AvgIpc) is 2.45. The Morgan fingerprint density at radius 3 is 2.74 bits per heavy atom. The van der Waals surface area contributed by atoms with Crippen molar-refractivity contribution in [3.05, 3.63) is 29.3 Å². The molecule has 1 aliphatic rings. The van der Waals surface area contributed by atoms with Gasteiger partial charge in [0.2, 0.25) is 10.0 Å². The number of nitriles is 1. The molecule has 0 radical (unpaired) electrons. The quantitative estimate of drug-likeness (QED) is 0.834. The summed E-state index contributed by atoms with van der Waals surface area (Å²) in [6.45, 7) is 6.31. The molecule has 1 heterocycles. The first-order valence-electron chi connectivity index (χ1n) is 7.37. The molecule has 1 aromatic carbocycles. The number of rotatable bonds is 4. The summed E-state index contributed by atoms with van der Waals surface area (Å²) < 4.78 is 38.2. The maximum absolute atomic E-state index is 12.9. The Bertz CT molecular complexity index is 722. The molecule has 2 rings (SSSR count). The van der Waals surface area contributed by atoms with Crippen molar-refractivity contribution in [2.75, 3.05) is 26.8 Å². The highest BCUT2D eigenvalue weighted by atomic mass is 32.2. The number of methoxy groups -OCH3 is 1. The minimum atomic E-state index is -3.64. The third-order valence-corrected chi connectivity index (χ3v) is 5.57. The molecule has 23 heavy (non-hydrogen) atoms. The molecule has 6 nitrogen and oxygen atoms in total. The molecule has 1 atom stereocenters. The van der Waals surface area contributed by atoms with E-state index in [1.807, 2.05) is 19.9 Å². The highest BCUT2D eigenvalue weighted by Gasteiger charge is 2.39. The van der Waals surface area contributed by atoms with E-state index in [1.54, 1.807) is 26.2 Å². The summed E-state index contributed by atoms with van der Waals surface area (Å²) in [5.41, 5.74) is 0.536. The Kier molecular flexibility index (Phi) is 5.11. The number of aryl methyl sites for hydroxylation is 1. The monoisotopic (exact) mass is 338 g/mol. The molecule has 0 N–H and O–H groups in total. The van der Waals surface area contributed by atoms with Crippen LogP contribution in [0.3, 0.4) is 0 Å². The van der Waals surface area contributed by atoms with Gasteiger partial charge in [0.1, 0.15) is 0 Å². The number of benzene rings is 1. The average molecular weight is 338 g/mol. The fraction of sp³-hybridized carbons (Fsp3) is 0.562. The van der Waals surface area contributed by atoms with Crippen molar-refractivity contribution in [1.82, 2.24) is 4.31 Å². The molecule has 0 saturated carbocycles. The molecule has 0 bridgehead atoms. The predicted octanol–water partition coefficient (Wildman–Crippen LogP) is 1.68. The zero-order valence-corrected chi connectivity index (χ0v) is 14.7. The fourth-order valence-electron chi connectivity index (χ4n) is 2.77. The lowest BCUT2D eigenvalue weighted by Gasteiger charge is -2.41. The van der Waals surface area contributed by atoms with Crippen LogP contribution in [0.15, 0.2) is 23.1 Å². The second-order valence-corrected chi connectivity index (χ2v) is 8.28. The minimum absolute atomic E-state index is 0.197. The normalized spacial score (nSPS) is 21.8. The van der Waals surface area contributed by atoms with Gasteiger partial charge in [-0.2, -0.15) is 9.57 Å². The van der Waals surface area contributed by atoms with E-state index in [-0.39, 0.29) is 24.1 Å². The summed E-state index contributed by atoms with van der Waals surface area (Å²) in [4.78, 5) is 0.197. The maximum atomic E-state index is 12.9. The third-order valence-electron chi connectivity index (χ3n) is 3.76. The SMILES string of the molecule is COC[C@@H]1CN(S(=O)(=O)c2ccc(C#N)c(C)c2)CC(C)(C)O1. The Balaban J connectivity index is 2.34. The van der Waals surface area contributed by atoms with E-state index in [4.69, 9.17) is 14.7 Å². The van der Waals surface area contributed by atoms with Crippen LogP contribution in [0.1, 0.15) is 25.0 Å². The van der Waals surface area contributed by atoms with Gasteiger partial charge in [-0.15, -0.1) is 0 Å². The molecule has 1 aromatic rings. The summed E-state index contributed by atoms with van der Waals surface area (Å²) in [5.74, 6) is 0. The van der Waals surface area contributed by atoms with E-state index >= 15 is 0 Å². The molecule has 0 aliphatic carbocycles. The van der Waals surface area contributed by atoms with Gasteiger partial charge in [0.15, 0.2) is 0 Å². The first kappa shape index (κ1) is 17.9. The van der Waals surface area contributed by atoms with Gasteiger partial charge in [-0.05, 0) is 44.5 Å². The summed E-state index contributed by atoms with van der Waals surface area (Å²) in [7, 11) is -2.08. The molecule has 0 aromatic heterocycles. The molecule has 126 valence electrons. The zero-order valence-electron chi connectivity index (χ0n) is 13.9. The van der Waals surface area contributed by atoms with Gasteiger partial charge in [-0.1, -0.05) is 0 Å². The van der Waals surface area contributed by atoms with Crippen molar-refractivity contribution >= 4 is 10.0 Å². The molecule has 1 fully saturated rings. The molecular formula is C16H22N2O4S. The minimum Gasteiger partial charge on any atom is -0.382 e. The highest BCUT2D eigenvalue weighted by molar-refractivity contribution is 7.89. The predicted molar refractivity (Wildman–Crippen MR) is 85.5 cm³/mol. The summed E-state index contributed by atoms with van der Waals surface area (Å²) in [5, 5.41) is 8.98. The van der Waals surface area contributed by atoms with Crippen LogP contribution in [-0.4, -0.2) is 51.2 Å². The lowest BCUT2D eigenvalue weighted by molar-refractivity contribution is -0.135. The Hall–Kier alpha value is -1.46. The highest BCUT2D eigenvalue weighted by Crippen LogP contribution is 2.27. The maximum Gasteiger partial charge on any atom is 0.243 e. The molecule has 0 amide bonds. The standard InChI is InChI=1S/C16H22N2O4S/c1-12-7-15(6-5-13(12)8-17)23(19,20)18-9-14(10-21-4)22-16(2,3)11-18/h5-7,14H,9-11H2,1-4H3/t14-/m0/s1. The molecule has 7 heteroatoms. The number of ether oxygens (including phenoxy) is 2. The van der Waals surface area contributed by atoms with Crippen molar-refractivity contribution in [2.45, 2.75) is 37.4 Å². The second-order valence-electron chi connectivity index (χ2n) is 6.34. The summed E-state index contributed by atoms with van der Waals surface area (Å²) >= 11 is 0. The smallest absolute Gasteiger partial charge is 0.243 e. The van der Waals surface area contributed by atoms with Crippen LogP contribution in [0.4, 0.5) is 0 Å². The fourth-order valence-corrected chi connectivity index (χ4v) is 4.48. The van der Waals surface area contributed by atoms with Gasteiger partial charge < -0.3 is 9.47 Å². The Morgan fingerprint density at radius 1 is 1.48 bits per heavy atom. The molecule has 0 spiro atoms. The van der Waals surface area contributed by atoms with Crippen molar-refractivity contribution < 1.29 is 17.9 Å². The van der Waals surface area contributed by atoms with Crippen molar-refractivity contribution in [3.8, 4) is 6.07 Å². The van der Waals surface area contributed by atoms with Gasteiger partial charge in [0.25, 0.3) is 0 Å². The van der Waals surface area contributed by atoms with E-state index in [9.17, 15) is 8.42 Å². The third kappa shape index (κ3) is 3.90. The summed E-state index contributed by atoms with van der Waals surface area (Å²) in [6, 6.07) is 6.61. The van der Waals surface area contributed by atoms with Gasteiger partial charge in [0, 0.05) is 20.2 Å². The Labute approximate surface area is 137 Å². The molecule has 1 aliphatic heterocycles. The van der Waals surface area contributed by atoms with Gasteiger partial charge in [0.05, 0.1) is 34.8 Å². The van der Waals surface area contributed by atoms with Crippen LogP contribution in [0.5, 0.6) is 0 Å². The lowest BCUT2D eigenvalue weighted by atomic mass is 10.1. The zero-order chi connectivity index (χ0) is 17.3. The molecule has 1 saturated heterocycles. The first-order chi connectivity index (χ1) is 10.7. The largest absolute Gasteiger partial charge is 0.382 e. The van der Waals surface area contributed by atoms with Gasteiger partial charge >= 0.3 is 0 Å². The van der Waals surface area contributed by atoms with Crippen LogP contribution in [0.25, 0.3) is 0 Å². The Morgan fingerprint density at radius 2 is 2.17 bits per heavy atom. The number of morpholine rings is 1. The number of hydrogen-bond acceptors (Lipinski definition) is 5. The van der Waals surface area contributed by atoms with Crippen LogP contribution in [-0.2, 0) is 19.5 Å². The van der Waals surface area contributed by atoms with Crippen LogP contribution in [0.2, 0.25) is 0 Å². The summed E-state index contributed by atoms with van der Waals surface area (Å²) in [6.07, 6.45) is -0.307. The topological polar surface area (TPSA) is 79.6 Å². The van der Waals surface area contributed by atoms with E-state index in [0.717, 1.165) is 0 Å². The molecular weight excluding hydrogens is 316 g/mol. The van der Waals surface area contributed by atoms with Crippen molar-refractivity contribution in [2.24, 2.45) is 0 Å². The van der Waals surface area contributed by atoms with Crippen molar-refractivity contribution in [3.63, 3.8) is 0 Å². The van der Waals surface area contributed by atoms with E-state index in [1.165, 1.54) is 10.4 Å². The van der Waals surface area contributed by atoms with Gasteiger partial charge in [-0.25, -0.2) is 8.42 Å². The number of hydrogen-bond donors (Lipinski definition) is 0. The second kappa shape index (κ2) is 6.57. The van der Waals surface area contributed by atoms with E-state index in [2.05, 4.69) is 0 Å². The number of sulfonamides is 1. The van der Waals surface area contributed by atoms with E-state index in [0.29, 0.717) is 17.7 Å². The van der Waals surface area contributed by atoms with Crippen LogP contribution in [0, 0.1) is 18.3 Å². The molecule has 0 unspecified atom stereocenters. The van der Waals surface area contributed by atoms with Crippen molar-refractivity contribution in [1.29, 1.82) is 5.26 Å². The lowest BCUT2D eigenvalue weighted by Crippen LogP contribution is -2.55. The van der Waals surface area contributed by atoms with Crippen LogP contribution < -0.4 is 0 Å².